The minimum atomic E-state index is -3.27. The number of piperidine rings is 1. The fourth-order valence-corrected chi connectivity index (χ4v) is 4.02. The summed E-state index contributed by atoms with van der Waals surface area (Å²) in [5.74, 6) is -0.556. The molecule has 0 unspecified atom stereocenters. The molecule has 1 N–H and O–H groups in total. The lowest BCUT2D eigenvalue weighted by atomic mass is 10.1. The number of sulfonamides is 1. The lowest BCUT2D eigenvalue weighted by Gasteiger charge is -2.25. The number of rotatable bonds is 7. The third-order valence-corrected chi connectivity index (χ3v) is 5.82. The molecule has 1 heterocycles. The van der Waals surface area contributed by atoms with E-state index in [0.29, 0.717) is 19.5 Å². The number of amides is 1. The van der Waals surface area contributed by atoms with Crippen molar-refractivity contribution in [2.45, 2.75) is 32.1 Å². The standard InChI is InChI=1S/C16H23FN2O3S/c17-15-7-4-14(5-8-15)6-9-16(20)18-10-13-23(21,22)19-11-2-1-3-12-19/h4-5,7-8H,1-3,6,9-13H2,(H,18,20). The fraction of sp³-hybridized carbons (Fsp3) is 0.562. The monoisotopic (exact) mass is 342 g/mol. The minimum Gasteiger partial charge on any atom is -0.355 e. The molecule has 1 saturated heterocycles. The molecule has 1 fully saturated rings. The Labute approximate surface area is 136 Å². The van der Waals surface area contributed by atoms with E-state index in [-0.39, 0.29) is 30.4 Å². The van der Waals surface area contributed by atoms with Crippen LogP contribution in [0.5, 0.6) is 0 Å². The van der Waals surface area contributed by atoms with Gasteiger partial charge < -0.3 is 5.32 Å². The van der Waals surface area contributed by atoms with E-state index in [2.05, 4.69) is 5.32 Å². The smallest absolute Gasteiger partial charge is 0.220 e. The van der Waals surface area contributed by atoms with E-state index in [4.69, 9.17) is 0 Å². The Kier molecular flexibility index (Phi) is 6.53. The van der Waals surface area contributed by atoms with E-state index in [0.717, 1.165) is 24.8 Å². The highest BCUT2D eigenvalue weighted by Gasteiger charge is 2.23. The maximum Gasteiger partial charge on any atom is 0.220 e. The van der Waals surface area contributed by atoms with Crippen molar-refractivity contribution in [2.75, 3.05) is 25.4 Å². The Bertz CT molecular complexity index is 611. The number of halogens is 1. The van der Waals surface area contributed by atoms with Crippen LogP contribution in [0.2, 0.25) is 0 Å². The van der Waals surface area contributed by atoms with Crippen LogP contribution in [0.15, 0.2) is 24.3 Å². The van der Waals surface area contributed by atoms with Crippen molar-refractivity contribution in [3.05, 3.63) is 35.6 Å². The molecule has 1 aromatic carbocycles. The van der Waals surface area contributed by atoms with Gasteiger partial charge in [-0.05, 0) is 37.0 Å². The first-order valence-corrected chi connectivity index (χ1v) is 9.57. The Morgan fingerprint density at radius 3 is 2.43 bits per heavy atom. The topological polar surface area (TPSA) is 66.5 Å². The molecule has 2 rings (SSSR count). The van der Waals surface area contributed by atoms with Crippen molar-refractivity contribution in [3.63, 3.8) is 0 Å². The molecular formula is C16H23FN2O3S. The van der Waals surface area contributed by atoms with E-state index in [1.165, 1.54) is 16.4 Å². The number of benzene rings is 1. The van der Waals surface area contributed by atoms with Crippen LogP contribution in [0.25, 0.3) is 0 Å². The predicted octanol–water partition coefficient (Wildman–Crippen LogP) is 1.69. The van der Waals surface area contributed by atoms with Gasteiger partial charge in [0.15, 0.2) is 0 Å². The van der Waals surface area contributed by atoms with Crippen molar-refractivity contribution in [3.8, 4) is 0 Å². The Morgan fingerprint density at radius 2 is 1.78 bits per heavy atom. The van der Waals surface area contributed by atoms with E-state index in [1.54, 1.807) is 12.1 Å². The zero-order valence-corrected chi connectivity index (χ0v) is 13.9. The molecule has 7 heteroatoms. The molecule has 0 radical (unpaired) electrons. The largest absolute Gasteiger partial charge is 0.355 e. The summed E-state index contributed by atoms with van der Waals surface area (Å²) in [4.78, 5) is 11.8. The Hall–Kier alpha value is -1.47. The van der Waals surface area contributed by atoms with Crippen LogP contribution < -0.4 is 5.32 Å². The van der Waals surface area contributed by atoms with E-state index < -0.39 is 10.0 Å². The van der Waals surface area contributed by atoms with Gasteiger partial charge in [0.2, 0.25) is 15.9 Å². The van der Waals surface area contributed by atoms with Gasteiger partial charge in [-0.15, -0.1) is 0 Å². The number of hydrogen-bond acceptors (Lipinski definition) is 3. The maximum atomic E-state index is 12.8. The van der Waals surface area contributed by atoms with Crippen LogP contribution in [0.1, 0.15) is 31.2 Å². The van der Waals surface area contributed by atoms with Gasteiger partial charge in [0.1, 0.15) is 5.82 Å². The third kappa shape index (κ3) is 5.91. The van der Waals surface area contributed by atoms with Crippen LogP contribution >= 0.6 is 0 Å². The first-order chi connectivity index (χ1) is 11.0. The first-order valence-electron chi connectivity index (χ1n) is 7.96. The molecule has 0 aromatic heterocycles. The van der Waals surface area contributed by atoms with Crippen molar-refractivity contribution in [1.29, 1.82) is 0 Å². The molecule has 1 aliphatic rings. The highest BCUT2D eigenvalue weighted by molar-refractivity contribution is 7.89. The lowest BCUT2D eigenvalue weighted by Crippen LogP contribution is -2.40. The van der Waals surface area contributed by atoms with Gasteiger partial charge >= 0.3 is 0 Å². The molecule has 128 valence electrons. The molecule has 1 aliphatic heterocycles. The Balaban J connectivity index is 1.68. The lowest BCUT2D eigenvalue weighted by molar-refractivity contribution is -0.120. The average molecular weight is 342 g/mol. The molecule has 0 saturated carbocycles. The van der Waals surface area contributed by atoms with Gasteiger partial charge in [-0.25, -0.2) is 17.1 Å². The highest BCUT2D eigenvalue weighted by atomic mass is 32.2. The van der Waals surface area contributed by atoms with Gasteiger partial charge in [-0.1, -0.05) is 18.6 Å². The number of nitrogens with zero attached hydrogens (tertiary/aromatic N) is 1. The van der Waals surface area contributed by atoms with Crippen LogP contribution in [-0.4, -0.2) is 44.0 Å². The summed E-state index contributed by atoms with van der Waals surface area (Å²) < 4.78 is 38.5. The summed E-state index contributed by atoms with van der Waals surface area (Å²) in [6.45, 7) is 1.29. The van der Waals surface area contributed by atoms with Gasteiger partial charge in [0.25, 0.3) is 0 Å². The highest BCUT2D eigenvalue weighted by Crippen LogP contribution is 2.13. The second-order valence-electron chi connectivity index (χ2n) is 5.75. The minimum absolute atomic E-state index is 0.0602. The molecule has 0 atom stereocenters. The second kappa shape index (κ2) is 8.40. The normalized spacial score (nSPS) is 16.2. The summed E-state index contributed by atoms with van der Waals surface area (Å²) >= 11 is 0. The molecular weight excluding hydrogens is 319 g/mol. The first kappa shape index (κ1) is 17.9. The molecule has 0 bridgehead atoms. The second-order valence-corrected chi connectivity index (χ2v) is 7.84. The average Bonchev–Trinajstić information content (AvgIpc) is 2.55. The van der Waals surface area contributed by atoms with Gasteiger partial charge in [-0.3, -0.25) is 4.79 Å². The number of carbonyl (C=O) groups is 1. The summed E-state index contributed by atoms with van der Waals surface area (Å²) in [5, 5.41) is 2.64. The van der Waals surface area contributed by atoms with E-state index in [1.807, 2.05) is 0 Å². The molecule has 5 nitrogen and oxygen atoms in total. The van der Waals surface area contributed by atoms with Crippen molar-refractivity contribution in [2.24, 2.45) is 0 Å². The molecule has 23 heavy (non-hydrogen) atoms. The van der Waals surface area contributed by atoms with Crippen LogP contribution in [-0.2, 0) is 21.2 Å². The summed E-state index contributed by atoms with van der Waals surface area (Å²) in [6, 6.07) is 6.00. The van der Waals surface area contributed by atoms with Crippen LogP contribution in [0, 0.1) is 5.82 Å². The van der Waals surface area contributed by atoms with Crippen LogP contribution in [0.4, 0.5) is 4.39 Å². The SMILES string of the molecule is O=C(CCc1ccc(F)cc1)NCCS(=O)(=O)N1CCCCC1. The molecule has 0 aliphatic carbocycles. The van der Waals surface area contributed by atoms with Crippen molar-refractivity contribution in [1.82, 2.24) is 9.62 Å². The molecule has 1 aromatic rings. The van der Waals surface area contributed by atoms with E-state index in [9.17, 15) is 17.6 Å². The quantitative estimate of drug-likeness (QED) is 0.820. The molecule has 1 amide bonds. The Morgan fingerprint density at radius 1 is 1.13 bits per heavy atom. The fourth-order valence-electron chi connectivity index (χ4n) is 2.59. The summed E-state index contributed by atoms with van der Waals surface area (Å²) in [6.07, 6.45) is 3.65. The zero-order chi connectivity index (χ0) is 16.7. The van der Waals surface area contributed by atoms with Gasteiger partial charge in [0.05, 0.1) is 5.75 Å². The van der Waals surface area contributed by atoms with Gasteiger partial charge in [-0.2, -0.15) is 0 Å². The predicted molar refractivity (Wildman–Crippen MR) is 86.9 cm³/mol. The van der Waals surface area contributed by atoms with Crippen molar-refractivity contribution >= 4 is 15.9 Å². The van der Waals surface area contributed by atoms with E-state index >= 15 is 0 Å². The maximum absolute atomic E-state index is 12.8. The van der Waals surface area contributed by atoms with Crippen molar-refractivity contribution < 1.29 is 17.6 Å². The van der Waals surface area contributed by atoms with Gasteiger partial charge in [0, 0.05) is 26.1 Å². The molecule has 0 spiro atoms. The number of carbonyl (C=O) groups excluding carboxylic acids is 1. The number of hydrogen-bond donors (Lipinski definition) is 1. The zero-order valence-electron chi connectivity index (χ0n) is 13.1. The number of aryl methyl sites for hydroxylation is 1. The van der Waals surface area contributed by atoms with Crippen LogP contribution in [0.3, 0.4) is 0 Å². The third-order valence-electron chi connectivity index (χ3n) is 3.94. The number of nitrogens with one attached hydrogen (secondary N) is 1. The summed E-state index contributed by atoms with van der Waals surface area (Å²) in [7, 11) is -3.27. The summed E-state index contributed by atoms with van der Waals surface area (Å²) in [5.41, 5.74) is 0.877.